The number of hydrogen-bond acceptors (Lipinski definition) is 3. The molecule has 5 heteroatoms. The number of rotatable bonds is 6. The molecular weight excluding hydrogens is 316 g/mol. The van der Waals surface area contributed by atoms with Crippen molar-refractivity contribution in [1.82, 2.24) is 0 Å². The van der Waals surface area contributed by atoms with Crippen molar-refractivity contribution in [1.29, 1.82) is 0 Å². The summed E-state index contributed by atoms with van der Waals surface area (Å²) in [6.45, 7) is 1.89. The Hall–Kier alpha value is -1.85. The number of quaternary nitrogens is 2. The van der Waals surface area contributed by atoms with Crippen molar-refractivity contribution in [3.8, 4) is 5.75 Å². The lowest BCUT2D eigenvalue weighted by Gasteiger charge is -2.38. The number of hydrogen-bond donors (Lipinski definition) is 2. The van der Waals surface area contributed by atoms with Crippen LogP contribution in [0.2, 0.25) is 0 Å². The number of likely N-dealkylation sites (N-methyl/N-ethyl adjacent to an activating group) is 1. The summed E-state index contributed by atoms with van der Waals surface area (Å²) < 4.78 is 10.6. The number of ether oxygens (including phenoxy) is 1. The minimum Gasteiger partial charge on any atom is -0.497 e. The fourth-order valence-corrected chi connectivity index (χ4v) is 4.15. The van der Waals surface area contributed by atoms with E-state index in [1.54, 1.807) is 24.1 Å². The van der Waals surface area contributed by atoms with E-state index in [0.29, 0.717) is 16.9 Å². The van der Waals surface area contributed by atoms with Crippen molar-refractivity contribution in [2.75, 3.05) is 27.7 Å². The smallest absolute Gasteiger partial charge is 0.336 e. The van der Waals surface area contributed by atoms with Crippen molar-refractivity contribution in [2.45, 2.75) is 44.2 Å². The summed E-state index contributed by atoms with van der Waals surface area (Å²) >= 11 is 0. The quantitative estimate of drug-likeness (QED) is 0.758. The third-order valence-electron chi connectivity index (χ3n) is 5.81. The molecule has 0 amide bonds. The van der Waals surface area contributed by atoms with Crippen LogP contribution in [0.4, 0.5) is 0 Å². The van der Waals surface area contributed by atoms with Gasteiger partial charge in [0.25, 0.3) is 0 Å². The van der Waals surface area contributed by atoms with Crippen molar-refractivity contribution < 1.29 is 19.4 Å². The van der Waals surface area contributed by atoms with E-state index in [2.05, 4.69) is 19.4 Å². The number of nitrogens with two attached hydrogens (primary N) is 1. The molecule has 1 aromatic heterocycles. The number of methoxy groups -OCH3 is 1. The first-order chi connectivity index (χ1) is 12.0. The summed E-state index contributed by atoms with van der Waals surface area (Å²) in [4.78, 5) is 13.5. The predicted octanol–water partition coefficient (Wildman–Crippen LogP) is 0.712. The molecular formula is C20H30N2O3+2. The largest absolute Gasteiger partial charge is 0.497 e. The SMILES string of the molecule is COc1ccc2c(C[NH2+]CC3([NH+](C)C)CCCCC3)cc(=O)oc2c1. The molecule has 136 valence electrons. The van der Waals surface area contributed by atoms with E-state index in [-0.39, 0.29) is 5.63 Å². The van der Waals surface area contributed by atoms with Crippen LogP contribution in [0.1, 0.15) is 37.7 Å². The Balaban J connectivity index is 1.77. The lowest BCUT2D eigenvalue weighted by Crippen LogP contribution is -3.19. The molecule has 0 aliphatic heterocycles. The zero-order valence-corrected chi connectivity index (χ0v) is 15.6. The molecule has 0 spiro atoms. The molecule has 3 rings (SSSR count). The summed E-state index contributed by atoms with van der Waals surface area (Å²) in [6.07, 6.45) is 6.61. The van der Waals surface area contributed by atoms with Gasteiger partial charge in [0.1, 0.15) is 30.0 Å². The van der Waals surface area contributed by atoms with Gasteiger partial charge in [-0.15, -0.1) is 0 Å². The Kier molecular flexibility index (Phi) is 5.45. The molecule has 1 aliphatic carbocycles. The maximum absolute atomic E-state index is 11.9. The van der Waals surface area contributed by atoms with Crippen molar-refractivity contribution >= 4 is 11.0 Å². The molecule has 0 saturated heterocycles. The average Bonchev–Trinajstić information content (AvgIpc) is 2.61. The van der Waals surface area contributed by atoms with Crippen LogP contribution in [0.25, 0.3) is 11.0 Å². The van der Waals surface area contributed by atoms with Gasteiger partial charge in [0.2, 0.25) is 0 Å². The molecule has 0 unspecified atom stereocenters. The first kappa shape index (κ1) is 18.0. The standard InChI is InChI=1S/C20H28N2O3/c1-22(2)20(9-5-4-6-10-20)14-21-13-15-11-19(23)25-18-12-16(24-3)7-8-17(15)18/h7-8,11-12,21H,4-6,9-10,13-14H2,1-3H3/p+2. The highest BCUT2D eigenvalue weighted by molar-refractivity contribution is 5.81. The Bertz CT molecular complexity index is 776. The van der Waals surface area contributed by atoms with Crippen molar-refractivity contribution in [3.05, 3.63) is 40.2 Å². The minimum absolute atomic E-state index is 0.297. The van der Waals surface area contributed by atoms with E-state index in [1.165, 1.54) is 32.1 Å². The van der Waals surface area contributed by atoms with Gasteiger partial charge in [-0.2, -0.15) is 0 Å². The van der Waals surface area contributed by atoms with Crippen LogP contribution in [-0.2, 0) is 6.54 Å². The maximum atomic E-state index is 11.9. The first-order valence-electron chi connectivity index (χ1n) is 9.27. The molecule has 1 aromatic carbocycles. The van der Waals surface area contributed by atoms with Crippen LogP contribution in [0.3, 0.4) is 0 Å². The van der Waals surface area contributed by atoms with Crippen LogP contribution < -0.4 is 20.6 Å². The maximum Gasteiger partial charge on any atom is 0.336 e. The van der Waals surface area contributed by atoms with Crippen LogP contribution in [0, 0.1) is 0 Å². The zero-order valence-electron chi connectivity index (χ0n) is 15.6. The van der Waals surface area contributed by atoms with Gasteiger partial charge in [-0.25, -0.2) is 4.79 Å². The number of benzene rings is 1. The number of nitrogens with one attached hydrogen (secondary N) is 1. The fraction of sp³-hybridized carbons (Fsp3) is 0.550. The molecule has 3 N–H and O–H groups in total. The Morgan fingerprint density at radius 1 is 1.20 bits per heavy atom. The van der Waals surface area contributed by atoms with Crippen LogP contribution >= 0.6 is 0 Å². The van der Waals surface area contributed by atoms with E-state index < -0.39 is 0 Å². The summed E-state index contributed by atoms with van der Waals surface area (Å²) in [7, 11) is 6.17. The second-order valence-electron chi connectivity index (χ2n) is 7.49. The Morgan fingerprint density at radius 3 is 2.64 bits per heavy atom. The normalized spacial score (nSPS) is 17.1. The Morgan fingerprint density at radius 2 is 1.96 bits per heavy atom. The molecule has 0 atom stereocenters. The second-order valence-corrected chi connectivity index (χ2v) is 7.49. The van der Waals surface area contributed by atoms with Crippen LogP contribution in [0.15, 0.2) is 33.5 Å². The molecule has 1 aliphatic rings. The van der Waals surface area contributed by atoms with Gasteiger partial charge in [-0.05, 0) is 25.0 Å². The van der Waals surface area contributed by atoms with Crippen molar-refractivity contribution in [2.24, 2.45) is 0 Å². The van der Waals surface area contributed by atoms with Gasteiger partial charge in [0.05, 0.1) is 21.2 Å². The minimum atomic E-state index is -0.297. The third kappa shape index (κ3) is 3.88. The molecule has 1 fully saturated rings. The van der Waals surface area contributed by atoms with Crippen molar-refractivity contribution in [3.63, 3.8) is 0 Å². The lowest BCUT2D eigenvalue weighted by atomic mass is 9.80. The van der Waals surface area contributed by atoms with E-state index in [1.807, 2.05) is 12.1 Å². The molecule has 5 nitrogen and oxygen atoms in total. The molecule has 1 heterocycles. The van der Waals surface area contributed by atoms with Gasteiger partial charge < -0.3 is 19.4 Å². The average molecular weight is 346 g/mol. The molecule has 2 aromatic rings. The predicted molar refractivity (Wildman–Crippen MR) is 98.2 cm³/mol. The topological polar surface area (TPSA) is 60.5 Å². The van der Waals surface area contributed by atoms with Crippen LogP contribution in [-0.4, -0.2) is 33.3 Å². The Labute approximate surface area is 149 Å². The third-order valence-corrected chi connectivity index (χ3v) is 5.81. The highest BCUT2D eigenvalue weighted by atomic mass is 16.5. The van der Waals surface area contributed by atoms with E-state index in [0.717, 1.165) is 24.0 Å². The second kappa shape index (κ2) is 7.58. The van der Waals surface area contributed by atoms with E-state index in [4.69, 9.17) is 9.15 Å². The van der Waals surface area contributed by atoms with Gasteiger partial charge in [-0.1, -0.05) is 6.42 Å². The highest BCUT2D eigenvalue weighted by Crippen LogP contribution is 2.24. The first-order valence-corrected chi connectivity index (χ1v) is 9.27. The van der Waals surface area contributed by atoms with Gasteiger partial charge in [0.15, 0.2) is 0 Å². The summed E-state index contributed by atoms with van der Waals surface area (Å²) in [6, 6.07) is 7.31. The fourth-order valence-electron chi connectivity index (χ4n) is 4.15. The molecule has 25 heavy (non-hydrogen) atoms. The molecule has 1 saturated carbocycles. The van der Waals surface area contributed by atoms with Gasteiger partial charge in [0, 0.05) is 35.9 Å². The molecule has 0 bridgehead atoms. The summed E-state index contributed by atoms with van der Waals surface area (Å²) in [5.74, 6) is 0.703. The monoisotopic (exact) mass is 346 g/mol. The summed E-state index contributed by atoms with van der Waals surface area (Å²) in [5, 5.41) is 3.35. The van der Waals surface area contributed by atoms with Crippen LogP contribution in [0.5, 0.6) is 5.75 Å². The molecule has 0 radical (unpaired) electrons. The summed E-state index contributed by atoms with van der Waals surface area (Å²) in [5.41, 5.74) is 1.70. The zero-order chi connectivity index (χ0) is 17.9. The van der Waals surface area contributed by atoms with Gasteiger partial charge >= 0.3 is 5.63 Å². The van der Waals surface area contributed by atoms with E-state index in [9.17, 15) is 4.79 Å². The number of fused-ring (bicyclic) bond motifs is 1. The highest BCUT2D eigenvalue weighted by Gasteiger charge is 2.39. The van der Waals surface area contributed by atoms with Gasteiger partial charge in [-0.3, -0.25) is 0 Å². The lowest BCUT2D eigenvalue weighted by molar-refractivity contribution is -0.935. The van der Waals surface area contributed by atoms with E-state index >= 15 is 0 Å².